The Labute approximate surface area is 196 Å². The van der Waals surface area contributed by atoms with Crippen LogP contribution in [-0.4, -0.2) is 30.8 Å². The van der Waals surface area contributed by atoms with E-state index in [9.17, 15) is 4.79 Å². The molecule has 0 fully saturated rings. The Hall–Kier alpha value is -3.58. The van der Waals surface area contributed by atoms with Crippen molar-refractivity contribution in [1.29, 1.82) is 0 Å². The van der Waals surface area contributed by atoms with Gasteiger partial charge in [0.15, 0.2) is 5.16 Å². The van der Waals surface area contributed by atoms with Crippen LogP contribution in [0.25, 0.3) is 22.1 Å². The molecule has 1 atom stereocenters. The molecule has 0 spiro atoms. The van der Waals surface area contributed by atoms with Gasteiger partial charge in [-0.25, -0.2) is 9.97 Å². The van der Waals surface area contributed by atoms with E-state index in [4.69, 9.17) is 9.97 Å². The lowest BCUT2D eigenvalue weighted by molar-refractivity contribution is -0.119. The summed E-state index contributed by atoms with van der Waals surface area (Å²) in [5.74, 6) is 1.02. The van der Waals surface area contributed by atoms with Gasteiger partial charge in [-0.3, -0.25) is 4.79 Å². The lowest BCUT2D eigenvalue weighted by Crippen LogP contribution is -2.32. The van der Waals surface area contributed by atoms with Gasteiger partial charge in [0.25, 0.3) is 0 Å². The molecule has 2 aromatic heterocycles. The van der Waals surface area contributed by atoms with Crippen molar-refractivity contribution >= 4 is 39.7 Å². The maximum atomic E-state index is 13.1. The predicted molar refractivity (Wildman–Crippen MR) is 133 cm³/mol. The SMILES string of the molecule is CCn1c(SCC(=O)NC(c2ccccc2)c2nc3ccccc3n2C)nc2ccccc21. The van der Waals surface area contributed by atoms with E-state index in [0.29, 0.717) is 0 Å². The minimum absolute atomic E-state index is 0.0596. The molecule has 0 saturated carbocycles. The van der Waals surface area contributed by atoms with Crippen molar-refractivity contribution in [1.82, 2.24) is 24.4 Å². The summed E-state index contributed by atoms with van der Waals surface area (Å²) in [7, 11) is 1.99. The van der Waals surface area contributed by atoms with Crippen LogP contribution < -0.4 is 5.32 Å². The van der Waals surface area contributed by atoms with Crippen LogP contribution in [0.15, 0.2) is 84.0 Å². The van der Waals surface area contributed by atoms with Crippen LogP contribution in [0.1, 0.15) is 24.4 Å². The number of benzene rings is 3. The van der Waals surface area contributed by atoms with Gasteiger partial charge >= 0.3 is 0 Å². The Morgan fingerprint density at radius 1 is 0.909 bits per heavy atom. The first-order valence-electron chi connectivity index (χ1n) is 11.0. The smallest absolute Gasteiger partial charge is 0.231 e. The van der Waals surface area contributed by atoms with Gasteiger partial charge in [-0.2, -0.15) is 0 Å². The van der Waals surface area contributed by atoms with Crippen molar-refractivity contribution in [3.05, 3.63) is 90.3 Å². The maximum Gasteiger partial charge on any atom is 0.231 e. The Morgan fingerprint density at radius 3 is 2.24 bits per heavy atom. The average molecular weight is 456 g/mol. The summed E-state index contributed by atoms with van der Waals surface area (Å²) >= 11 is 1.46. The summed E-state index contributed by atoms with van der Waals surface area (Å²) in [4.78, 5) is 22.7. The molecule has 0 aliphatic rings. The van der Waals surface area contributed by atoms with Crippen molar-refractivity contribution < 1.29 is 4.79 Å². The van der Waals surface area contributed by atoms with Crippen molar-refractivity contribution in [3.63, 3.8) is 0 Å². The zero-order valence-electron chi connectivity index (χ0n) is 18.6. The minimum atomic E-state index is -0.346. The molecule has 5 rings (SSSR count). The van der Waals surface area contributed by atoms with E-state index < -0.39 is 0 Å². The van der Waals surface area contributed by atoms with Gasteiger partial charge in [0.2, 0.25) is 5.91 Å². The number of rotatable bonds is 7. The largest absolute Gasteiger partial charge is 0.341 e. The molecule has 0 radical (unpaired) electrons. The Morgan fingerprint density at radius 2 is 1.55 bits per heavy atom. The summed E-state index contributed by atoms with van der Waals surface area (Å²) in [6, 6.07) is 25.7. The summed E-state index contributed by atoms with van der Waals surface area (Å²) in [5, 5.41) is 4.07. The molecule has 0 bridgehead atoms. The van der Waals surface area contributed by atoms with Crippen LogP contribution in [0.2, 0.25) is 0 Å². The number of para-hydroxylation sites is 4. The molecule has 7 heteroatoms. The lowest BCUT2D eigenvalue weighted by Gasteiger charge is -2.19. The number of amides is 1. The van der Waals surface area contributed by atoms with E-state index in [1.54, 1.807) is 0 Å². The van der Waals surface area contributed by atoms with Gasteiger partial charge in [0, 0.05) is 13.6 Å². The topological polar surface area (TPSA) is 64.7 Å². The Balaban J connectivity index is 1.41. The van der Waals surface area contributed by atoms with Crippen LogP contribution in [0.4, 0.5) is 0 Å². The monoisotopic (exact) mass is 455 g/mol. The highest BCUT2D eigenvalue weighted by atomic mass is 32.2. The normalized spacial score (nSPS) is 12.3. The zero-order chi connectivity index (χ0) is 22.8. The summed E-state index contributed by atoms with van der Waals surface area (Å²) in [6.07, 6.45) is 0. The molecule has 3 aromatic carbocycles. The van der Waals surface area contributed by atoms with Crippen molar-refractivity contribution in [2.24, 2.45) is 7.05 Å². The van der Waals surface area contributed by atoms with Crippen LogP contribution in [0.3, 0.4) is 0 Å². The molecule has 1 N–H and O–H groups in total. The lowest BCUT2D eigenvalue weighted by atomic mass is 10.1. The zero-order valence-corrected chi connectivity index (χ0v) is 19.4. The third kappa shape index (κ3) is 4.12. The van der Waals surface area contributed by atoms with Crippen molar-refractivity contribution in [2.75, 3.05) is 5.75 Å². The molecule has 1 unspecified atom stereocenters. The molecule has 0 saturated heterocycles. The predicted octanol–water partition coefficient (Wildman–Crippen LogP) is 4.94. The highest BCUT2D eigenvalue weighted by molar-refractivity contribution is 7.99. The van der Waals surface area contributed by atoms with Gasteiger partial charge in [-0.05, 0) is 36.8 Å². The van der Waals surface area contributed by atoms with E-state index in [-0.39, 0.29) is 17.7 Å². The number of imidazole rings is 2. The second-order valence-corrected chi connectivity index (χ2v) is 8.79. The molecular weight excluding hydrogens is 430 g/mol. The van der Waals surface area contributed by atoms with E-state index >= 15 is 0 Å². The van der Waals surface area contributed by atoms with E-state index in [0.717, 1.165) is 45.2 Å². The standard InChI is InChI=1S/C26H25N5OS/c1-3-31-22-16-10-8-14-20(22)28-26(31)33-17-23(32)29-24(18-11-5-4-6-12-18)25-27-19-13-7-9-15-21(19)30(25)2/h4-16,24H,3,17H2,1-2H3,(H,29,32). The van der Waals surface area contributed by atoms with E-state index in [2.05, 4.69) is 27.4 Å². The van der Waals surface area contributed by atoms with E-state index in [1.165, 1.54) is 11.8 Å². The first kappa shape index (κ1) is 21.3. The highest BCUT2D eigenvalue weighted by Crippen LogP contribution is 2.27. The molecule has 5 aromatic rings. The molecule has 33 heavy (non-hydrogen) atoms. The van der Waals surface area contributed by atoms with Gasteiger partial charge in [-0.1, -0.05) is 66.4 Å². The van der Waals surface area contributed by atoms with Crippen molar-refractivity contribution in [2.45, 2.75) is 24.7 Å². The highest BCUT2D eigenvalue weighted by Gasteiger charge is 2.23. The van der Waals surface area contributed by atoms with Crippen LogP contribution in [0.5, 0.6) is 0 Å². The quantitative estimate of drug-likeness (QED) is 0.353. The van der Waals surface area contributed by atoms with E-state index in [1.807, 2.05) is 79.8 Å². The van der Waals surface area contributed by atoms with Gasteiger partial charge in [0.1, 0.15) is 11.9 Å². The van der Waals surface area contributed by atoms with Crippen molar-refractivity contribution in [3.8, 4) is 0 Å². The van der Waals surface area contributed by atoms with Crippen LogP contribution >= 0.6 is 11.8 Å². The van der Waals surface area contributed by atoms with Gasteiger partial charge in [-0.15, -0.1) is 0 Å². The molecular formula is C26H25N5OS. The third-order valence-corrected chi connectivity index (χ3v) is 6.76. The molecule has 166 valence electrons. The average Bonchev–Trinajstić information content (AvgIpc) is 3.39. The summed E-state index contributed by atoms with van der Waals surface area (Å²) in [5.41, 5.74) is 4.98. The van der Waals surface area contributed by atoms with Gasteiger partial charge < -0.3 is 14.5 Å². The molecule has 0 aliphatic heterocycles. The molecule has 0 aliphatic carbocycles. The van der Waals surface area contributed by atoms with Crippen LogP contribution in [0, 0.1) is 0 Å². The van der Waals surface area contributed by atoms with Crippen LogP contribution in [-0.2, 0) is 18.4 Å². The first-order chi connectivity index (χ1) is 16.2. The third-order valence-electron chi connectivity index (χ3n) is 5.79. The second-order valence-electron chi connectivity index (χ2n) is 7.84. The number of thioether (sulfide) groups is 1. The Kier molecular flexibility index (Phi) is 5.88. The number of nitrogens with one attached hydrogen (secondary N) is 1. The first-order valence-corrected chi connectivity index (χ1v) is 12.0. The number of nitrogens with zero attached hydrogens (tertiary/aromatic N) is 4. The molecule has 2 heterocycles. The minimum Gasteiger partial charge on any atom is -0.341 e. The fourth-order valence-electron chi connectivity index (χ4n) is 4.17. The fourth-order valence-corrected chi connectivity index (χ4v) is 5.06. The van der Waals surface area contributed by atoms with Gasteiger partial charge in [0.05, 0.1) is 27.8 Å². The number of aryl methyl sites for hydroxylation is 2. The number of carbonyl (C=O) groups is 1. The maximum absolute atomic E-state index is 13.1. The number of fused-ring (bicyclic) bond motifs is 2. The number of aromatic nitrogens is 4. The fraction of sp³-hybridized carbons (Fsp3) is 0.192. The second kappa shape index (κ2) is 9.11. The number of hydrogen-bond acceptors (Lipinski definition) is 4. The number of carbonyl (C=O) groups excluding carboxylic acids is 1. The summed E-state index contributed by atoms with van der Waals surface area (Å²) < 4.78 is 4.20. The Bertz CT molecular complexity index is 1420. The summed E-state index contributed by atoms with van der Waals surface area (Å²) in [6.45, 7) is 2.90. The number of hydrogen-bond donors (Lipinski definition) is 1. The molecule has 1 amide bonds. The molecule has 6 nitrogen and oxygen atoms in total.